The first-order chi connectivity index (χ1) is 8.76. The predicted octanol–water partition coefficient (Wildman–Crippen LogP) is 2.07. The number of aliphatic carboxylic acids is 1. The van der Waals surface area contributed by atoms with Crippen LogP contribution in [0, 0.1) is 0 Å². The monoisotopic (exact) mass is 265 g/mol. The minimum absolute atomic E-state index is 0.0135. The number of carbonyl (C=O) groups is 2. The Morgan fingerprint density at radius 3 is 2.26 bits per heavy atom. The standard InChI is InChI=1S/C14H19NO4/c1-14(2,3)19-9-12(16)15-11-6-4-10(5-7-11)8-13(17)18/h4-7H,8-9H2,1-3H3,(H,15,16)(H,17,18). The molecule has 1 amide bonds. The van der Waals surface area contributed by atoms with E-state index in [4.69, 9.17) is 9.84 Å². The van der Waals surface area contributed by atoms with Crippen LogP contribution in [0.2, 0.25) is 0 Å². The second-order valence-corrected chi connectivity index (χ2v) is 5.22. The third-order valence-corrected chi connectivity index (χ3v) is 2.23. The minimum atomic E-state index is -0.879. The third kappa shape index (κ3) is 6.57. The number of carboxylic acids is 1. The number of ether oxygens (including phenoxy) is 1. The molecule has 104 valence electrons. The number of amides is 1. The summed E-state index contributed by atoms with van der Waals surface area (Å²) in [6.07, 6.45) is -0.0264. The molecule has 0 bridgehead atoms. The molecule has 0 aliphatic rings. The predicted molar refractivity (Wildman–Crippen MR) is 72.1 cm³/mol. The molecule has 0 atom stereocenters. The Morgan fingerprint density at radius 2 is 1.79 bits per heavy atom. The van der Waals surface area contributed by atoms with E-state index in [0.717, 1.165) is 0 Å². The van der Waals surface area contributed by atoms with E-state index < -0.39 is 5.97 Å². The molecule has 0 unspecified atom stereocenters. The molecule has 0 heterocycles. The summed E-state index contributed by atoms with van der Waals surface area (Å²) in [4.78, 5) is 22.1. The van der Waals surface area contributed by atoms with Crippen molar-refractivity contribution in [1.82, 2.24) is 0 Å². The average molecular weight is 265 g/mol. The van der Waals surface area contributed by atoms with Gasteiger partial charge in [0.25, 0.3) is 0 Å². The lowest BCUT2D eigenvalue weighted by Crippen LogP contribution is -2.27. The molecule has 1 aromatic rings. The van der Waals surface area contributed by atoms with Crippen LogP contribution in [0.3, 0.4) is 0 Å². The van der Waals surface area contributed by atoms with Crippen LogP contribution >= 0.6 is 0 Å². The molecule has 0 aliphatic carbocycles. The maximum absolute atomic E-state index is 11.6. The van der Waals surface area contributed by atoms with E-state index in [0.29, 0.717) is 11.3 Å². The van der Waals surface area contributed by atoms with Crippen molar-refractivity contribution in [2.75, 3.05) is 11.9 Å². The Morgan fingerprint density at radius 1 is 1.21 bits per heavy atom. The van der Waals surface area contributed by atoms with Gasteiger partial charge in [0.2, 0.25) is 5.91 Å². The van der Waals surface area contributed by atoms with Gasteiger partial charge in [-0.3, -0.25) is 9.59 Å². The van der Waals surface area contributed by atoms with Gasteiger partial charge in [0.15, 0.2) is 0 Å². The summed E-state index contributed by atoms with van der Waals surface area (Å²) in [5.41, 5.74) is 0.955. The van der Waals surface area contributed by atoms with Crippen molar-refractivity contribution in [3.8, 4) is 0 Å². The highest BCUT2D eigenvalue weighted by molar-refractivity contribution is 5.91. The summed E-state index contributed by atoms with van der Waals surface area (Å²) in [5, 5.41) is 11.3. The summed E-state index contributed by atoms with van der Waals surface area (Å²) in [5.74, 6) is -1.11. The van der Waals surface area contributed by atoms with Gasteiger partial charge in [0, 0.05) is 5.69 Å². The number of nitrogens with one attached hydrogen (secondary N) is 1. The van der Waals surface area contributed by atoms with Crippen molar-refractivity contribution in [1.29, 1.82) is 0 Å². The molecule has 19 heavy (non-hydrogen) atoms. The third-order valence-electron chi connectivity index (χ3n) is 2.23. The van der Waals surface area contributed by atoms with Crippen LogP contribution in [0.15, 0.2) is 24.3 Å². The lowest BCUT2D eigenvalue weighted by molar-refractivity contribution is -0.136. The summed E-state index contributed by atoms with van der Waals surface area (Å²) >= 11 is 0. The second kappa shape index (κ2) is 6.33. The molecule has 1 aromatic carbocycles. The van der Waals surface area contributed by atoms with E-state index in [1.54, 1.807) is 24.3 Å². The molecular weight excluding hydrogens is 246 g/mol. The van der Waals surface area contributed by atoms with Crippen molar-refractivity contribution in [3.63, 3.8) is 0 Å². The van der Waals surface area contributed by atoms with E-state index in [1.807, 2.05) is 20.8 Å². The van der Waals surface area contributed by atoms with E-state index in [1.165, 1.54) is 0 Å². The van der Waals surface area contributed by atoms with Gasteiger partial charge in [0.05, 0.1) is 12.0 Å². The van der Waals surface area contributed by atoms with Gasteiger partial charge in [0.1, 0.15) is 6.61 Å². The largest absolute Gasteiger partial charge is 0.481 e. The van der Waals surface area contributed by atoms with Crippen molar-refractivity contribution in [2.45, 2.75) is 32.8 Å². The molecular formula is C14H19NO4. The summed E-state index contributed by atoms with van der Waals surface area (Å²) in [6.45, 7) is 5.61. The molecule has 0 fully saturated rings. The average Bonchev–Trinajstić information content (AvgIpc) is 2.28. The first kappa shape index (κ1) is 15.2. The topological polar surface area (TPSA) is 75.6 Å². The van der Waals surface area contributed by atoms with Gasteiger partial charge in [-0.1, -0.05) is 12.1 Å². The first-order valence-corrected chi connectivity index (χ1v) is 6.01. The van der Waals surface area contributed by atoms with Crippen LogP contribution in [-0.2, 0) is 20.7 Å². The van der Waals surface area contributed by atoms with E-state index in [9.17, 15) is 9.59 Å². The van der Waals surface area contributed by atoms with Crippen LogP contribution in [0.5, 0.6) is 0 Å². The number of hydrogen-bond donors (Lipinski definition) is 2. The zero-order chi connectivity index (χ0) is 14.5. The van der Waals surface area contributed by atoms with Crippen molar-refractivity contribution < 1.29 is 19.4 Å². The van der Waals surface area contributed by atoms with Crippen LogP contribution in [0.4, 0.5) is 5.69 Å². The van der Waals surface area contributed by atoms with Crippen LogP contribution in [0.25, 0.3) is 0 Å². The molecule has 0 saturated heterocycles. The number of anilines is 1. The first-order valence-electron chi connectivity index (χ1n) is 6.01. The summed E-state index contributed by atoms with van der Waals surface area (Å²) in [7, 11) is 0. The quantitative estimate of drug-likeness (QED) is 0.854. The SMILES string of the molecule is CC(C)(C)OCC(=O)Nc1ccc(CC(=O)O)cc1. The zero-order valence-electron chi connectivity index (χ0n) is 11.4. The van der Waals surface area contributed by atoms with Crippen molar-refractivity contribution >= 4 is 17.6 Å². The van der Waals surface area contributed by atoms with E-state index in [-0.39, 0.29) is 24.5 Å². The molecule has 0 aliphatic heterocycles. The van der Waals surface area contributed by atoms with Crippen molar-refractivity contribution in [3.05, 3.63) is 29.8 Å². The molecule has 0 radical (unpaired) electrons. The number of rotatable bonds is 5. The smallest absolute Gasteiger partial charge is 0.307 e. The Hall–Kier alpha value is -1.88. The number of hydrogen-bond acceptors (Lipinski definition) is 3. The maximum Gasteiger partial charge on any atom is 0.307 e. The molecule has 5 nitrogen and oxygen atoms in total. The lowest BCUT2D eigenvalue weighted by atomic mass is 10.1. The lowest BCUT2D eigenvalue weighted by Gasteiger charge is -2.19. The highest BCUT2D eigenvalue weighted by atomic mass is 16.5. The van der Waals surface area contributed by atoms with Gasteiger partial charge < -0.3 is 15.2 Å². The Bertz CT molecular complexity index is 446. The van der Waals surface area contributed by atoms with Crippen LogP contribution in [-0.4, -0.2) is 29.2 Å². The Balaban J connectivity index is 2.49. The summed E-state index contributed by atoms with van der Waals surface area (Å²) < 4.78 is 5.35. The molecule has 0 aromatic heterocycles. The molecule has 2 N–H and O–H groups in total. The summed E-state index contributed by atoms with van der Waals surface area (Å²) in [6, 6.07) is 6.70. The number of carboxylic acid groups (broad SMARTS) is 1. The number of carbonyl (C=O) groups excluding carboxylic acids is 1. The van der Waals surface area contributed by atoms with Gasteiger partial charge in [-0.15, -0.1) is 0 Å². The van der Waals surface area contributed by atoms with E-state index in [2.05, 4.69) is 5.32 Å². The van der Waals surface area contributed by atoms with Gasteiger partial charge in [-0.25, -0.2) is 0 Å². The number of benzene rings is 1. The minimum Gasteiger partial charge on any atom is -0.481 e. The van der Waals surface area contributed by atoms with Crippen LogP contribution < -0.4 is 5.32 Å². The fourth-order valence-electron chi connectivity index (χ4n) is 1.36. The molecule has 0 saturated carbocycles. The van der Waals surface area contributed by atoms with E-state index >= 15 is 0 Å². The van der Waals surface area contributed by atoms with Gasteiger partial charge in [-0.05, 0) is 38.5 Å². The van der Waals surface area contributed by atoms with Crippen LogP contribution in [0.1, 0.15) is 26.3 Å². The Labute approximate surface area is 112 Å². The second-order valence-electron chi connectivity index (χ2n) is 5.22. The normalized spacial score (nSPS) is 11.1. The molecule has 1 rings (SSSR count). The molecule has 0 spiro atoms. The van der Waals surface area contributed by atoms with Gasteiger partial charge in [-0.2, -0.15) is 0 Å². The van der Waals surface area contributed by atoms with Gasteiger partial charge >= 0.3 is 5.97 Å². The molecule has 5 heteroatoms. The highest BCUT2D eigenvalue weighted by Gasteiger charge is 2.12. The Kier molecular flexibility index (Phi) is 5.06. The zero-order valence-corrected chi connectivity index (χ0v) is 11.4. The fraction of sp³-hybridized carbons (Fsp3) is 0.429. The highest BCUT2D eigenvalue weighted by Crippen LogP contribution is 2.11. The maximum atomic E-state index is 11.6. The fourth-order valence-corrected chi connectivity index (χ4v) is 1.36. The van der Waals surface area contributed by atoms with Crippen molar-refractivity contribution in [2.24, 2.45) is 0 Å².